The molecule has 1 amide bonds. The zero-order valence-corrected chi connectivity index (χ0v) is 17.0. The van der Waals surface area contributed by atoms with Crippen molar-refractivity contribution in [2.75, 3.05) is 5.32 Å². The lowest BCUT2D eigenvalue weighted by atomic mass is 10.1. The van der Waals surface area contributed by atoms with Gasteiger partial charge >= 0.3 is 0 Å². The number of hydrogen-bond acceptors (Lipinski definition) is 5. The van der Waals surface area contributed by atoms with Crippen LogP contribution in [0.2, 0.25) is 0 Å². The summed E-state index contributed by atoms with van der Waals surface area (Å²) in [7, 11) is 0. The number of aryl methyl sites for hydroxylation is 1. The number of nitrogens with one attached hydrogen (secondary N) is 1. The predicted octanol–water partition coefficient (Wildman–Crippen LogP) is 5.74. The molecule has 0 radical (unpaired) electrons. The molecular formula is C24H21N3O4. The first kappa shape index (κ1) is 21.5. The second-order valence-electron chi connectivity index (χ2n) is 6.93. The fourth-order valence-electron chi connectivity index (χ4n) is 2.98. The van der Waals surface area contributed by atoms with Crippen LogP contribution < -0.4 is 5.32 Å². The Morgan fingerprint density at radius 2 is 1.97 bits per heavy atom. The molecule has 1 aromatic heterocycles. The van der Waals surface area contributed by atoms with E-state index in [4.69, 9.17) is 4.42 Å². The van der Waals surface area contributed by atoms with Crippen LogP contribution >= 0.6 is 0 Å². The third kappa shape index (κ3) is 5.67. The van der Waals surface area contributed by atoms with E-state index in [-0.39, 0.29) is 11.3 Å². The van der Waals surface area contributed by atoms with Gasteiger partial charge in [-0.2, -0.15) is 5.26 Å². The first-order valence-corrected chi connectivity index (χ1v) is 9.87. The first-order valence-electron chi connectivity index (χ1n) is 9.87. The van der Waals surface area contributed by atoms with Crippen molar-refractivity contribution in [3.05, 3.63) is 87.7 Å². The van der Waals surface area contributed by atoms with Crippen LogP contribution in [-0.4, -0.2) is 10.8 Å². The molecule has 0 fully saturated rings. The van der Waals surface area contributed by atoms with Gasteiger partial charge in [0.2, 0.25) is 0 Å². The van der Waals surface area contributed by atoms with Gasteiger partial charge < -0.3 is 9.73 Å². The van der Waals surface area contributed by atoms with Crippen LogP contribution in [0, 0.1) is 21.4 Å². The van der Waals surface area contributed by atoms with Crippen LogP contribution in [0.4, 0.5) is 11.4 Å². The number of rotatable bonds is 8. The van der Waals surface area contributed by atoms with Crippen molar-refractivity contribution >= 4 is 23.4 Å². The molecule has 0 spiro atoms. The van der Waals surface area contributed by atoms with E-state index in [9.17, 15) is 20.2 Å². The number of anilines is 1. The normalized spacial score (nSPS) is 11.0. The van der Waals surface area contributed by atoms with E-state index in [1.807, 2.05) is 30.3 Å². The molecule has 0 aliphatic rings. The number of non-ortho nitro benzene ring substituents is 1. The van der Waals surface area contributed by atoms with Gasteiger partial charge in [0.25, 0.3) is 11.6 Å². The molecule has 0 aliphatic heterocycles. The predicted molar refractivity (Wildman–Crippen MR) is 118 cm³/mol. The number of nitrogens with zero attached hydrogens (tertiary/aromatic N) is 2. The zero-order valence-electron chi connectivity index (χ0n) is 17.0. The van der Waals surface area contributed by atoms with Gasteiger partial charge in [-0.1, -0.05) is 37.6 Å². The largest absolute Gasteiger partial charge is 0.457 e. The molecule has 31 heavy (non-hydrogen) atoms. The number of unbranched alkanes of at least 4 members (excludes halogenated alkanes) is 1. The number of carbonyl (C=O) groups excluding carboxylic acids is 1. The van der Waals surface area contributed by atoms with Gasteiger partial charge in [-0.15, -0.1) is 0 Å². The highest BCUT2D eigenvalue weighted by Crippen LogP contribution is 2.26. The van der Waals surface area contributed by atoms with E-state index >= 15 is 0 Å². The monoisotopic (exact) mass is 415 g/mol. The standard InChI is InChI=1S/C24H21N3O4/c1-2-3-5-17-8-10-20(11-9-17)26-24(28)19(16-25)15-22-12-13-23(31-22)18-6-4-7-21(14-18)27(29)30/h4,6-15H,2-3,5H2,1H3,(H,26,28)/b19-15+. The van der Waals surface area contributed by atoms with Gasteiger partial charge in [0, 0.05) is 29.5 Å². The molecule has 3 rings (SSSR count). The number of amides is 1. The summed E-state index contributed by atoms with van der Waals surface area (Å²) in [6, 6.07) is 18.7. The van der Waals surface area contributed by atoms with E-state index < -0.39 is 10.8 Å². The van der Waals surface area contributed by atoms with Crippen LogP contribution in [0.15, 0.2) is 70.7 Å². The average Bonchev–Trinajstić information content (AvgIpc) is 3.25. The Hall–Kier alpha value is -4.18. The topological polar surface area (TPSA) is 109 Å². The van der Waals surface area contributed by atoms with E-state index in [2.05, 4.69) is 12.2 Å². The Morgan fingerprint density at radius 3 is 2.65 bits per heavy atom. The number of furan rings is 1. The van der Waals surface area contributed by atoms with Crippen molar-refractivity contribution in [2.24, 2.45) is 0 Å². The number of benzene rings is 2. The molecule has 2 aromatic carbocycles. The Balaban J connectivity index is 1.73. The number of carbonyl (C=O) groups is 1. The Bertz CT molecular complexity index is 1150. The van der Waals surface area contributed by atoms with Crippen molar-refractivity contribution in [3.8, 4) is 17.4 Å². The van der Waals surface area contributed by atoms with E-state index in [1.54, 1.807) is 24.3 Å². The van der Waals surface area contributed by atoms with Gasteiger partial charge in [0.1, 0.15) is 23.2 Å². The van der Waals surface area contributed by atoms with Crippen LogP contribution in [-0.2, 0) is 11.2 Å². The molecular weight excluding hydrogens is 394 g/mol. The van der Waals surface area contributed by atoms with Crippen molar-refractivity contribution in [1.82, 2.24) is 0 Å². The van der Waals surface area contributed by atoms with Gasteiger partial charge in [-0.05, 0) is 42.7 Å². The van der Waals surface area contributed by atoms with E-state index in [0.717, 1.165) is 19.3 Å². The van der Waals surface area contributed by atoms with Crippen molar-refractivity contribution < 1.29 is 14.1 Å². The fraction of sp³-hybridized carbons (Fsp3) is 0.167. The quantitative estimate of drug-likeness (QED) is 0.218. The summed E-state index contributed by atoms with van der Waals surface area (Å²) in [6.07, 6.45) is 4.55. The summed E-state index contributed by atoms with van der Waals surface area (Å²) >= 11 is 0. The second-order valence-corrected chi connectivity index (χ2v) is 6.93. The van der Waals surface area contributed by atoms with Crippen LogP contribution in [0.1, 0.15) is 31.1 Å². The smallest absolute Gasteiger partial charge is 0.270 e. The number of nitriles is 1. The summed E-state index contributed by atoms with van der Waals surface area (Å²) in [6.45, 7) is 2.13. The van der Waals surface area contributed by atoms with Crippen molar-refractivity contribution in [1.29, 1.82) is 5.26 Å². The third-order valence-electron chi connectivity index (χ3n) is 4.65. The third-order valence-corrected chi connectivity index (χ3v) is 4.65. The van der Waals surface area contributed by atoms with E-state index in [1.165, 1.54) is 23.8 Å². The highest BCUT2D eigenvalue weighted by Gasteiger charge is 2.13. The van der Waals surface area contributed by atoms with E-state index in [0.29, 0.717) is 22.8 Å². The number of hydrogen-bond donors (Lipinski definition) is 1. The molecule has 7 nitrogen and oxygen atoms in total. The lowest BCUT2D eigenvalue weighted by Gasteiger charge is -2.06. The van der Waals surface area contributed by atoms with Crippen molar-refractivity contribution in [2.45, 2.75) is 26.2 Å². The highest BCUT2D eigenvalue weighted by molar-refractivity contribution is 6.09. The molecule has 0 unspecified atom stereocenters. The summed E-state index contributed by atoms with van der Waals surface area (Å²) < 4.78 is 5.66. The minimum absolute atomic E-state index is 0.0520. The summed E-state index contributed by atoms with van der Waals surface area (Å²) in [4.78, 5) is 22.9. The van der Waals surface area contributed by atoms with Gasteiger partial charge in [0.15, 0.2) is 0 Å². The van der Waals surface area contributed by atoms with Crippen LogP contribution in [0.25, 0.3) is 17.4 Å². The lowest BCUT2D eigenvalue weighted by Crippen LogP contribution is -2.13. The van der Waals surface area contributed by atoms with Gasteiger partial charge in [-0.25, -0.2) is 0 Å². The number of nitro groups is 1. The molecule has 156 valence electrons. The summed E-state index contributed by atoms with van der Waals surface area (Å²) in [5, 5.41) is 23.1. The molecule has 1 N–H and O–H groups in total. The molecule has 0 aliphatic carbocycles. The zero-order chi connectivity index (χ0) is 22.2. The average molecular weight is 415 g/mol. The van der Waals surface area contributed by atoms with Gasteiger partial charge in [-0.3, -0.25) is 14.9 Å². The van der Waals surface area contributed by atoms with Crippen molar-refractivity contribution in [3.63, 3.8) is 0 Å². The molecule has 7 heteroatoms. The van der Waals surface area contributed by atoms with Crippen LogP contribution in [0.3, 0.4) is 0 Å². The minimum atomic E-state index is -0.544. The van der Waals surface area contributed by atoms with Gasteiger partial charge in [0.05, 0.1) is 4.92 Å². The SMILES string of the molecule is CCCCc1ccc(NC(=O)/C(C#N)=C/c2ccc(-c3cccc([N+](=O)[O-])c3)o2)cc1. The maximum Gasteiger partial charge on any atom is 0.270 e. The maximum absolute atomic E-state index is 12.5. The fourth-order valence-corrected chi connectivity index (χ4v) is 2.98. The summed E-state index contributed by atoms with van der Waals surface area (Å²) in [5.41, 5.74) is 2.15. The Labute approximate surface area is 179 Å². The molecule has 1 heterocycles. The first-order chi connectivity index (χ1) is 15.0. The summed E-state index contributed by atoms with van der Waals surface area (Å²) in [5.74, 6) is 0.149. The highest BCUT2D eigenvalue weighted by atomic mass is 16.6. The molecule has 0 saturated carbocycles. The molecule has 3 aromatic rings. The molecule has 0 bridgehead atoms. The molecule has 0 atom stereocenters. The maximum atomic E-state index is 12.5. The molecule has 0 saturated heterocycles. The second kappa shape index (κ2) is 10.0. The number of nitro benzene ring substituents is 1. The lowest BCUT2D eigenvalue weighted by molar-refractivity contribution is -0.384. The Kier molecular flexibility index (Phi) is 6.97. The van der Waals surface area contributed by atoms with Crippen LogP contribution in [0.5, 0.6) is 0 Å². The minimum Gasteiger partial charge on any atom is -0.457 e. The Morgan fingerprint density at radius 1 is 1.19 bits per heavy atom.